The van der Waals surface area contributed by atoms with E-state index in [0.717, 1.165) is 25.7 Å². The lowest BCUT2D eigenvalue weighted by atomic mass is 9.72. The van der Waals surface area contributed by atoms with Gasteiger partial charge in [-0.1, -0.05) is 6.92 Å². The van der Waals surface area contributed by atoms with E-state index in [1.165, 1.54) is 0 Å². The molecule has 0 aromatic carbocycles. The van der Waals surface area contributed by atoms with Crippen molar-refractivity contribution in [2.45, 2.75) is 59.0 Å². The fourth-order valence-electron chi connectivity index (χ4n) is 4.08. The Balaban J connectivity index is 1.62. The monoisotopic (exact) mass is 280 g/mol. The first-order chi connectivity index (χ1) is 9.36. The van der Waals surface area contributed by atoms with Gasteiger partial charge in [-0.2, -0.15) is 0 Å². The van der Waals surface area contributed by atoms with E-state index in [0.29, 0.717) is 24.9 Å². The topological polar surface area (TPSA) is 52.6 Å². The van der Waals surface area contributed by atoms with Crippen LogP contribution in [0.25, 0.3) is 0 Å². The Kier molecular flexibility index (Phi) is 3.11. The van der Waals surface area contributed by atoms with Crippen molar-refractivity contribution in [2.75, 3.05) is 6.61 Å². The molecule has 4 heteroatoms. The Morgan fingerprint density at radius 2 is 2.20 bits per heavy atom. The van der Waals surface area contributed by atoms with Crippen LogP contribution < -0.4 is 0 Å². The highest BCUT2D eigenvalue weighted by molar-refractivity contribution is 5.76. The molecule has 4 atom stereocenters. The second-order valence-electron chi connectivity index (χ2n) is 7.51. The maximum Gasteiger partial charge on any atom is 0.311 e. The molecular formula is C16H24O4. The van der Waals surface area contributed by atoms with Crippen LogP contribution in [0.4, 0.5) is 0 Å². The summed E-state index contributed by atoms with van der Waals surface area (Å²) in [5, 5.41) is 0. The molecule has 3 rings (SSSR count). The number of carbonyl (C=O) groups excluding carboxylic acids is 2. The van der Waals surface area contributed by atoms with Crippen molar-refractivity contribution in [1.29, 1.82) is 0 Å². The van der Waals surface area contributed by atoms with Crippen LogP contribution in [0.5, 0.6) is 0 Å². The van der Waals surface area contributed by atoms with Crippen LogP contribution in [0.1, 0.15) is 52.9 Å². The predicted octanol–water partition coefficient (Wildman–Crippen LogP) is 2.70. The first kappa shape index (κ1) is 13.9. The van der Waals surface area contributed by atoms with Crippen LogP contribution in [-0.4, -0.2) is 24.6 Å². The van der Waals surface area contributed by atoms with E-state index >= 15 is 0 Å². The Morgan fingerprint density at radius 3 is 2.70 bits per heavy atom. The number of hydrogen-bond donors (Lipinski definition) is 0. The fourth-order valence-corrected chi connectivity index (χ4v) is 4.08. The van der Waals surface area contributed by atoms with Gasteiger partial charge in [0.1, 0.15) is 6.10 Å². The zero-order valence-corrected chi connectivity index (χ0v) is 12.6. The summed E-state index contributed by atoms with van der Waals surface area (Å²) in [6, 6.07) is 0. The van der Waals surface area contributed by atoms with Gasteiger partial charge in [-0.25, -0.2) is 0 Å². The molecule has 4 unspecified atom stereocenters. The molecule has 2 bridgehead atoms. The van der Waals surface area contributed by atoms with Crippen molar-refractivity contribution >= 4 is 11.9 Å². The van der Waals surface area contributed by atoms with Gasteiger partial charge in [0.05, 0.1) is 18.4 Å². The summed E-state index contributed by atoms with van der Waals surface area (Å²) in [5.41, 5.74) is -0.336. The van der Waals surface area contributed by atoms with Gasteiger partial charge in [-0.3, -0.25) is 9.59 Å². The molecule has 0 amide bonds. The second kappa shape index (κ2) is 4.47. The standard InChI is InChI=1S/C16H24O4/c1-4-15(2,3)14(18)20-12-6-11-5-10(12)7-16(11)8-13(17)19-9-16/h10-12H,4-9H2,1-3H3. The maximum absolute atomic E-state index is 12.2. The van der Waals surface area contributed by atoms with E-state index in [4.69, 9.17) is 9.47 Å². The summed E-state index contributed by atoms with van der Waals surface area (Å²) in [6.07, 6.45) is 4.38. The Bertz CT molecular complexity index is 442. The number of cyclic esters (lactones) is 1. The van der Waals surface area contributed by atoms with Crippen molar-refractivity contribution in [2.24, 2.45) is 22.7 Å². The molecule has 0 aromatic heterocycles. The summed E-state index contributed by atoms with van der Waals surface area (Å²) in [4.78, 5) is 23.6. The van der Waals surface area contributed by atoms with Crippen LogP contribution in [0.3, 0.4) is 0 Å². The van der Waals surface area contributed by atoms with Crippen molar-refractivity contribution in [3.8, 4) is 0 Å². The minimum Gasteiger partial charge on any atom is -0.465 e. The molecule has 0 aromatic rings. The highest BCUT2D eigenvalue weighted by Crippen LogP contribution is 2.60. The number of carbonyl (C=O) groups is 2. The molecule has 4 nitrogen and oxygen atoms in total. The van der Waals surface area contributed by atoms with Crippen LogP contribution in [0.2, 0.25) is 0 Å². The highest BCUT2D eigenvalue weighted by Gasteiger charge is 2.59. The molecule has 1 heterocycles. The van der Waals surface area contributed by atoms with Gasteiger partial charge in [0.25, 0.3) is 0 Å². The van der Waals surface area contributed by atoms with Gasteiger partial charge >= 0.3 is 11.9 Å². The van der Waals surface area contributed by atoms with Gasteiger partial charge in [0.15, 0.2) is 0 Å². The molecule has 3 aliphatic rings. The molecule has 0 N–H and O–H groups in total. The molecule has 1 saturated heterocycles. The van der Waals surface area contributed by atoms with Crippen molar-refractivity contribution in [3.63, 3.8) is 0 Å². The normalized spacial score (nSPS) is 39.4. The molecule has 2 aliphatic carbocycles. The Labute approximate surface area is 120 Å². The van der Waals surface area contributed by atoms with Gasteiger partial charge in [0.2, 0.25) is 0 Å². The predicted molar refractivity (Wildman–Crippen MR) is 72.8 cm³/mol. The number of ether oxygens (including phenoxy) is 2. The largest absolute Gasteiger partial charge is 0.465 e. The van der Waals surface area contributed by atoms with E-state index in [-0.39, 0.29) is 23.5 Å². The maximum atomic E-state index is 12.2. The van der Waals surface area contributed by atoms with E-state index in [1.54, 1.807) is 0 Å². The Hall–Kier alpha value is -1.06. The van der Waals surface area contributed by atoms with Crippen molar-refractivity contribution in [3.05, 3.63) is 0 Å². The second-order valence-corrected chi connectivity index (χ2v) is 7.51. The van der Waals surface area contributed by atoms with Gasteiger partial charge in [-0.15, -0.1) is 0 Å². The molecule has 0 radical (unpaired) electrons. The first-order valence-electron chi connectivity index (χ1n) is 7.73. The summed E-state index contributed by atoms with van der Waals surface area (Å²) in [5.74, 6) is 0.774. The van der Waals surface area contributed by atoms with Gasteiger partial charge < -0.3 is 9.47 Å². The molecular weight excluding hydrogens is 256 g/mol. The highest BCUT2D eigenvalue weighted by atomic mass is 16.5. The molecule has 2 saturated carbocycles. The fraction of sp³-hybridized carbons (Fsp3) is 0.875. The molecule has 112 valence electrons. The molecule has 3 fully saturated rings. The summed E-state index contributed by atoms with van der Waals surface area (Å²) < 4.78 is 11.0. The number of fused-ring (bicyclic) bond motifs is 3. The van der Waals surface area contributed by atoms with E-state index in [2.05, 4.69) is 0 Å². The van der Waals surface area contributed by atoms with Crippen LogP contribution in [0.15, 0.2) is 0 Å². The van der Waals surface area contributed by atoms with E-state index < -0.39 is 5.41 Å². The molecule has 1 aliphatic heterocycles. The lowest BCUT2D eigenvalue weighted by Gasteiger charge is -2.35. The molecule has 20 heavy (non-hydrogen) atoms. The van der Waals surface area contributed by atoms with Crippen molar-refractivity contribution in [1.82, 2.24) is 0 Å². The third-order valence-corrected chi connectivity index (χ3v) is 5.88. The smallest absolute Gasteiger partial charge is 0.311 e. The number of rotatable bonds is 3. The van der Waals surface area contributed by atoms with E-state index in [1.807, 2.05) is 20.8 Å². The summed E-state index contributed by atoms with van der Waals surface area (Å²) >= 11 is 0. The van der Waals surface area contributed by atoms with Crippen LogP contribution in [-0.2, 0) is 19.1 Å². The zero-order chi connectivity index (χ0) is 14.5. The lowest BCUT2D eigenvalue weighted by molar-refractivity contribution is -0.163. The number of esters is 2. The quantitative estimate of drug-likeness (QED) is 0.746. The minimum atomic E-state index is -0.397. The minimum absolute atomic E-state index is 0.0552. The zero-order valence-electron chi connectivity index (χ0n) is 12.6. The van der Waals surface area contributed by atoms with Gasteiger partial charge in [-0.05, 0) is 51.4 Å². The average Bonchev–Trinajstić information content (AvgIpc) is 3.05. The average molecular weight is 280 g/mol. The van der Waals surface area contributed by atoms with Crippen LogP contribution >= 0.6 is 0 Å². The summed E-state index contributed by atoms with van der Waals surface area (Å²) in [7, 11) is 0. The lowest BCUT2D eigenvalue weighted by Crippen LogP contribution is -2.37. The SMILES string of the molecule is CCC(C)(C)C(=O)OC1CC2CC1CC21COC(=O)C1. The van der Waals surface area contributed by atoms with E-state index in [9.17, 15) is 9.59 Å². The third kappa shape index (κ3) is 2.04. The number of hydrogen-bond acceptors (Lipinski definition) is 4. The third-order valence-electron chi connectivity index (χ3n) is 5.88. The Morgan fingerprint density at radius 1 is 1.45 bits per heavy atom. The van der Waals surface area contributed by atoms with Gasteiger partial charge in [0, 0.05) is 5.41 Å². The van der Waals surface area contributed by atoms with Crippen molar-refractivity contribution < 1.29 is 19.1 Å². The molecule has 1 spiro atoms. The van der Waals surface area contributed by atoms with Crippen LogP contribution in [0, 0.1) is 22.7 Å². The summed E-state index contributed by atoms with van der Waals surface area (Å²) in [6.45, 7) is 6.47. The first-order valence-corrected chi connectivity index (χ1v) is 7.73.